The number of hydrogen-bond donors (Lipinski definition) is 2. The first-order valence-corrected chi connectivity index (χ1v) is 16.8. The Bertz CT molecular complexity index is 2620. The average molecular weight is 695 g/mol. The molecule has 0 fully saturated rings. The number of para-hydroxylation sites is 1. The molecule has 2 aromatic carbocycles. The summed E-state index contributed by atoms with van der Waals surface area (Å²) in [7, 11) is 0. The number of benzene rings is 2. The molecule has 0 saturated heterocycles. The van der Waals surface area contributed by atoms with Crippen LogP contribution in [-0.4, -0.2) is 41.7 Å². The average Bonchev–Trinajstić information content (AvgIpc) is 3.87. The van der Waals surface area contributed by atoms with Crippen molar-refractivity contribution in [3.8, 4) is 0 Å². The zero-order chi connectivity index (χ0) is 34.2. The van der Waals surface area contributed by atoms with Crippen LogP contribution in [0.25, 0.3) is 43.5 Å². The van der Waals surface area contributed by atoms with Crippen molar-refractivity contribution < 1.29 is 28.6 Å². The van der Waals surface area contributed by atoms with Gasteiger partial charge >= 0.3 is 11.9 Å². The Labute approximate surface area is 283 Å². The summed E-state index contributed by atoms with van der Waals surface area (Å²) in [5.41, 5.74) is 2.88. The lowest BCUT2D eigenvalue weighted by Gasteiger charge is -2.06. The lowest BCUT2D eigenvalue weighted by atomic mass is 10.2. The predicted octanol–water partition coefficient (Wildman–Crippen LogP) is 6.07. The highest BCUT2D eigenvalue weighted by Gasteiger charge is 2.17. The molecular formula is C35H26N4O8S2. The van der Waals surface area contributed by atoms with Crippen LogP contribution in [0.2, 0.25) is 0 Å². The normalized spacial score (nSPS) is 11.4. The van der Waals surface area contributed by atoms with Gasteiger partial charge in [0.1, 0.15) is 35.8 Å². The predicted molar refractivity (Wildman–Crippen MR) is 186 cm³/mol. The second kappa shape index (κ2) is 13.0. The summed E-state index contributed by atoms with van der Waals surface area (Å²) < 4.78 is 14.1. The molecule has 8 aromatic rings. The summed E-state index contributed by atoms with van der Waals surface area (Å²) in [6.07, 6.45) is -0.458. The van der Waals surface area contributed by atoms with Crippen molar-refractivity contribution in [2.24, 2.45) is 0 Å². The minimum Gasteiger partial charge on any atom is -0.481 e. The fourth-order valence-corrected chi connectivity index (χ4v) is 7.27. The van der Waals surface area contributed by atoms with E-state index in [9.17, 15) is 19.2 Å². The second-order valence-corrected chi connectivity index (χ2v) is 12.8. The second-order valence-electron chi connectivity index (χ2n) is 11.4. The van der Waals surface area contributed by atoms with Gasteiger partial charge in [0.05, 0.1) is 35.0 Å². The molecule has 2 N–H and O–H groups in total. The number of hydrogen-bond acceptors (Lipinski definition) is 10. The number of nitrogens with zero attached hydrogens (tertiary/aromatic N) is 4. The van der Waals surface area contributed by atoms with Crippen LogP contribution in [0, 0.1) is 6.92 Å². The van der Waals surface area contributed by atoms with Crippen molar-refractivity contribution in [2.75, 3.05) is 0 Å². The summed E-state index contributed by atoms with van der Waals surface area (Å²) in [5.74, 6) is -0.763. The third-order valence-corrected chi connectivity index (χ3v) is 9.29. The molecule has 12 nitrogen and oxygen atoms in total. The third-order valence-electron chi connectivity index (χ3n) is 7.81. The summed E-state index contributed by atoms with van der Waals surface area (Å²) in [6, 6.07) is 17.2. The van der Waals surface area contributed by atoms with Gasteiger partial charge in [-0.05, 0) is 37.3 Å². The van der Waals surface area contributed by atoms with E-state index in [1.54, 1.807) is 21.5 Å². The molecule has 49 heavy (non-hydrogen) atoms. The standard InChI is InChI=1S/C18H14N2O4S.C17H12N2O4S/c1-10-2-3-16-11(4-10)5-12(24-16)7-20-18(23)14-9-25-8-13(14)15(19-20)6-17(21)22;20-16(21)6-14-12-8-24-9-13(12)17(22)19(18-14)7-11-5-10-3-1-2-4-15(10)23-11/h2-5,8-9H,6-7H2,1H3,(H,21,22);1-5,8-9H,6-7H2,(H,20,21). The van der Waals surface area contributed by atoms with E-state index >= 15 is 0 Å². The third kappa shape index (κ3) is 6.51. The highest BCUT2D eigenvalue weighted by molar-refractivity contribution is 7.09. The number of carboxylic acids is 2. The Kier molecular flexibility index (Phi) is 8.40. The highest BCUT2D eigenvalue weighted by Crippen LogP contribution is 2.24. The number of thiophene rings is 2. The number of furan rings is 2. The zero-order valence-electron chi connectivity index (χ0n) is 25.8. The molecule has 14 heteroatoms. The number of aryl methyl sites for hydroxylation is 1. The quantitative estimate of drug-likeness (QED) is 0.190. The maximum atomic E-state index is 12.6. The topological polar surface area (TPSA) is 171 Å². The van der Waals surface area contributed by atoms with Gasteiger partial charge in [-0.3, -0.25) is 19.2 Å². The van der Waals surface area contributed by atoms with E-state index in [4.69, 9.17) is 19.0 Å². The first-order valence-electron chi connectivity index (χ1n) is 14.9. The molecule has 8 rings (SSSR count). The fourth-order valence-electron chi connectivity index (χ4n) is 5.61. The number of aliphatic carboxylic acids is 2. The van der Waals surface area contributed by atoms with Crippen LogP contribution in [0.15, 0.2) is 94.5 Å². The highest BCUT2D eigenvalue weighted by atomic mass is 32.1. The summed E-state index contributed by atoms with van der Waals surface area (Å²) >= 11 is 2.72. The number of carbonyl (C=O) groups is 2. The summed E-state index contributed by atoms with van der Waals surface area (Å²) in [5, 5.41) is 37.7. The monoisotopic (exact) mass is 694 g/mol. The summed E-state index contributed by atoms with van der Waals surface area (Å²) in [4.78, 5) is 47.3. The number of fused-ring (bicyclic) bond motifs is 4. The Hall–Kier alpha value is -5.86. The molecule has 6 aromatic heterocycles. The minimum atomic E-state index is -0.982. The molecule has 0 aliphatic heterocycles. The molecule has 0 radical (unpaired) electrons. The van der Waals surface area contributed by atoms with Gasteiger partial charge in [0.2, 0.25) is 0 Å². The van der Waals surface area contributed by atoms with Crippen LogP contribution >= 0.6 is 22.7 Å². The Morgan fingerprint density at radius 1 is 0.673 bits per heavy atom. The maximum Gasteiger partial charge on any atom is 0.309 e. The lowest BCUT2D eigenvalue weighted by Crippen LogP contribution is -2.25. The van der Waals surface area contributed by atoms with E-state index in [1.165, 1.54) is 32.0 Å². The summed E-state index contributed by atoms with van der Waals surface area (Å²) in [6.45, 7) is 2.32. The smallest absolute Gasteiger partial charge is 0.309 e. The van der Waals surface area contributed by atoms with Crippen molar-refractivity contribution >= 4 is 78.1 Å². The van der Waals surface area contributed by atoms with Crippen molar-refractivity contribution in [1.29, 1.82) is 0 Å². The van der Waals surface area contributed by atoms with Crippen molar-refractivity contribution in [3.63, 3.8) is 0 Å². The maximum absolute atomic E-state index is 12.6. The Morgan fingerprint density at radius 2 is 1.16 bits per heavy atom. The molecule has 0 atom stereocenters. The van der Waals surface area contributed by atoms with Crippen molar-refractivity contribution in [1.82, 2.24) is 19.6 Å². The minimum absolute atomic E-state index is 0.158. The van der Waals surface area contributed by atoms with Gasteiger partial charge in [0.15, 0.2) is 0 Å². The van der Waals surface area contributed by atoms with Crippen molar-refractivity contribution in [2.45, 2.75) is 32.9 Å². The first kappa shape index (κ1) is 31.7. The lowest BCUT2D eigenvalue weighted by molar-refractivity contribution is -0.137. The van der Waals surface area contributed by atoms with Crippen LogP contribution in [-0.2, 0) is 35.5 Å². The fraction of sp³-hybridized carbons (Fsp3) is 0.143. The number of rotatable bonds is 8. The van der Waals surface area contributed by atoms with Crippen molar-refractivity contribution in [3.05, 3.63) is 125 Å². The van der Waals surface area contributed by atoms with Crippen LogP contribution in [0.3, 0.4) is 0 Å². The molecule has 0 saturated carbocycles. The molecule has 0 aliphatic rings. The molecule has 0 spiro atoms. The van der Waals surface area contributed by atoms with Gasteiger partial charge in [0.25, 0.3) is 11.1 Å². The Morgan fingerprint density at radius 3 is 1.69 bits per heavy atom. The van der Waals surface area contributed by atoms with Gasteiger partial charge in [0, 0.05) is 43.1 Å². The molecule has 0 bridgehead atoms. The number of carboxylic acid groups (broad SMARTS) is 2. The zero-order valence-corrected chi connectivity index (χ0v) is 27.4. The van der Waals surface area contributed by atoms with E-state index in [-0.39, 0.29) is 37.0 Å². The number of aromatic nitrogens is 4. The molecule has 6 heterocycles. The molecular weight excluding hydrogens is 669 g/mol. The van der Waals surface area contributed by atoms with Crippen LogP contribution < -0.4 is 11.1 Å². The van der Waals surface area contributed by atoms with Gasteiger partial charge in [-0.25, -0.2) is 9.36 Å². The Balaban J connectivity index is 0.000000154. The molecule has 0 amide bonds. The van der Waals surface area contributed by atoms with Crippen LogP contribution in [0.1, 0.15) is 28.5 Å². The van der Waals surface area contributed by atoms with E-state index in [0.717, 1.165) is 27.5 Å². The van der Waals surface area contributed by atoms with Gasteiger partial charge in [-0.1, -0.05) is 29.8 Å². The molecule has 246 valence electrons. The van der Waals surface area contributed by atoms with Gasteiger partial charge in [-0.2, -0.15) is 32.9 Å². The van der Waals surface area contributed by atoms with Crippen LogP contribution in [0.5, 0.6) is 0 Å². The molecule has 0 aliphatic carbocycles. The van der Waals surface area contributed by atoms with Crippen LogP contribution in [0.4, 0.5) is 0 Å². The van der Waals surface area contributed by atoms with E-state index in [2.05, 4.69) is 10.2 Å². The van der Waals surface area contributed by atoms with E-state index in [1.807, 2.05) is 61.5 Å². The van der Waals surface area contributed by atoms with E-state index < -0.39 is 11.9 Å². The van der Waals surface area contributed by atoms with Gasteiger partial charge < -0.3 is 19.0 Å². The largest absolute Gasteiger partial charge is 0.481 e. The molecule has 0 unspecified atom stereocenters. The van der Waals surface area contributed by atoms with E-state index in [0.29, 0.717) is 44.5 Å². The first-order chi connectivity index (χ1) is 23.6. The van der Waals surface area contributed by atoms with Gasteiger partial charge in [-0.15, -0.1) is 0 Å². The SMILES string of the molecule is Cc1ccc2oc(Cn3nc(CC(=O)O)c4cscc4c3=O)cc2c1.O=C(O)Cc1nn(Cc2cc3ccccc3o2)c(=O)c2cscc12.